The van der Waals surface area contributed by atoms with Crippen LogP contribution in [0.3, 0.4) is 0 Å². The fourth-order valence-electron chi connectivity index (χ4n) is 2.58. The van der Waals surface area contributed by atoms with Gasteiger partial charge in [0.25, 0.3) is 5.91 Å². The SMILES string of the molecule is O=C(c1cc(-c2cccs2)on1)N1CCC(Oc2ncccn2)C1. The highest BCUT2D eigenvalue weighted by atomic mass is 32.1. The maximum atomic E-state index is 12.5. The Morgan fingerprint density at radius 3 is 3.00 bits per heavy atom. The second-order valence-electron chi connectivity index (χ2n) is 5.36. The summed E-state index contributed by atoms with van der Waals surface area (Å²) in [5.41, 5.74) is 0.315. The van der Waals surface area contributed by atoms with Crippen LogP contribution in [0.25, 0.3) is 10.6 Å². The number of amides is 1. The van der Waals surface area contributed by atoms with Gasteiger partial charge in [0.2, 0.25) is 0 Å². The average Bonchev–Trinajstić information content (AvgIpc) is 3.36. The molecule has 1 aliphatic rings. The highest BCUT2D eigenvalue weighted by Gasteiger charge is 2.30. The van der Waals surface area contributed by atoms with Crippen molar-refractivity contribution in [2.24, 2.45) is 0 Å². The van der Waals surface area contributed by atoms with Crippen LogP contribution >= 0.6 is 11.3 Å². The minimum absolute atomic E-state index is 0.111. The molecule has 0 aliphatic carbocycles. The van der Waals surface area contributed by atoms with Crippen molar-refractivity contribution in [3.05, 3.63) is 47.7 Å². The quantitative estimate of drug-likeness (QED) is 0.724. The lowest BCUT2D eigenvalue weighted by atomic mass is 10.3. The molecule has 0 aromatic carbocycles. The minimum Gasteiger partial charge on any atom is -0.458 e. The maximum Gasteiger partial charge on any atom is 0.316 e. The van der Waals surface area contributed by atoms with Crippen molar-refractivity contribution in [3.8, 4) is 16.6 Å². The van der Waals surface area contributed by atoms with E-state index in [1.54, 1.807) is 40.8 Å². The number of likely N-dealkylation sites (tertiary alicyclic amines) is 1. The third-order valence-electron chi connectivity index (χ3n) is 3.74. The zero-order valence-electron chi connectivity index (χ0n) is 12.7. The topological polar surface area (TPSA) is 81.4 Å². The van der Waals surface area contributed by atoms with E-state index < -0.39 is 0 Å². The Morgan fingerprint density at radius 2 is 2.21 bits per heavy atom. The Kier molecular flexibility index (Phi) is 3.96. The van der Waals surface area contributed by atoms with Gasteiger partial charge in [0.05, 0.1) is 11.4 Å². The van der Waals surface area contributed by atoms with Gasteiger partial charge in [0.15, 0.2) is 11.5 Å². The van der Waals surface area contributed by atoms with E-state index in [2.05, 4.69) is 15.1 Å². The number of aromatic nitrogens is 3. The number of nitrogens with zero attached hydrogens (tertiary/aromatic N) is 4. The molecule has 4 rings (SSSR count). The number of rotatable bonds is 4. The van der Waals surface area contributed by atoms with Crippen LogP contribution in [-0.2, 0) is 0 Å². The van der Waals surface area contributed by atoms with Gasteiger partial charge in [-0.1, -0.05) is 11.2 Å². The first-order valence-electron chi connectivity index (χ1n) is 7.53. The molecule has 1 atom stereocenters. The summed E-state index contributed by atoms with van der Waals surface area (Å²) in [6, 6.07) is 7.60. The molecule has 4 heterocycles. The fraction of sp³-hybridized carbons (Fsp3) is 0.250. The normalized spacial score (nSPS) is 17.2. The molecule has 1 amide bonds. The molecule has 0 N–H and O–H groups in total. The van der Waals surface area contributed by atoms with E-state index in [0.29, 0.717) is 30.6 Å². The van der Waals surface area contributed by atoms with E-state index in [9.17, 15) is 4.79 Å². The summed E-state index contributed by atoms with van der Waals surface area (Å²) in [6.07, 6.45) is 3.88. The van der Waals surface area contributed by atoms with Crippen molar-refractivity contribution in [3.63, 3.8) is 0 Å². The summed E-state index contributed by atoms with van der Waals surface area (Å²) in [5.74, 6) is 0.458. The van der Waals surface area contributed by atoms with Crippen molar-refractivity contribution < 1.29 is 14.1 Å². The van der Waals surface area contributed by atoms with Crippen molar-refractivity contribution >= 4 is 17.2 Å². The molecule has 1 unspecified atom stereocenters. The molecule has 0 saturated carbocycles. The van der Waals surface area contributed by atoms with Crippen LogP contribution < -0.4 is 4.74 Å². The van der Waals surface area contributed by atoms with Crippen molar-refractivity contribution in [1.29, 1.82) is 0 Å². The van der Waals surface area contributed by atoms with Gasteiger partial charge >= 0.3 is 6.01 Å². The Bertz CT molecular complexity index is 819. The van der Waals surface area contributed by atoms with Gasteiger partial charge in [-0.3, -0.25) is 4.79 Å². The summed E-state index contributed by atoms with van der Waals surface area (Å²) in [7, 11) is 0. The molecule has 0 bridgehead atoms. The van der Waals surface area contributed by atoms with Crippen molar-refractivity contribution in [1.82, 2.24) is 20.0 Å². The average molecular weight is 342 g/mol. The predicted molar refractivity (Wildman–Crippen MR) is 86.8 cm³/mol. The molecule has 1 aliphatic heterocycles. The fourth-order valence-corrected chi connectivity index (χ4v) is 3.25. The third-order valence-corrected chi connectivity index (χ3v) is 4.62. The maximum absolute atomic E-state index is 12.5. The number of hydrogen-bond acceptors (Lipinski definition) is 7. The molecule has 122 valence electrons. The Morgan fingerprint density at radius 1 is 1.33 bits per heavy atom. The molecule has 0 radical (unpaired) electrons. The number of carbonyl (C=O) groups is 1. The summed E-state index contributed by atoms with van der Waals surface area (Å²) in [6.45, 7) is 1.09. The number of hydrogen-bond donors (Lipinski definition) is 0. The first-order chi connectivity index (χ1) is 11.8. The lowest BCUT2D eigenvalue weighted by Crippen LogP contribution is -2.31. The van der Waals surface area contributed by atoms with E-state index in [-0.39, 0.29) is 12.0 Å². The number of carbonyl (C=O) groups excluding carboxylic acids is 1. The lowest BCUT2D eigenvalue weighted by molar-refractivity contribution is 0.0759. The van der Waals surface area contributed by atoms with Gasteiger partial charge in [-0.15, -0.1) is 11.3 Å². The smallest absolute Gasteiger partial charge is 0.316 e. The number of thiophene rings is 1. The lowest BCUT2D eigenvalue weighted by Gasteiger charge is -2.14. The molecule has 3 aromatic heterocycles. The second kappa shape index (κ2) is 6.40. The molecule has 7 nitrogen and oxygen atoms in total. The van der Waals surface area contributed by atoms with Crippen LogP contribution in [0.5, 0.6) is 6.01 Å². The largest absolute Gasteiger partial charge is 0.458 e. The highest BCUT2D eigenvalue weighted by molar-refractivity contribution is 7.13. The van der Waals surface area contributed by atoms with Crippen molar-refractivity contribution in [2.45, 2.75) is 12.5 Å². The van der Waals surface area contributed by atoms with Crippen LogP contribution in [0.15, 0.2) is 46.6 Å². The van der Waals surface area contributed by atoms with Gasteiger partial charge in [-0.05, 0) is 17.5 Å². The van der Waals surface area contributed by atoms with Gasteiger partial charge < -0.3 is 14.2 Å². The van der Waals surface area contributed by atoms with Crippen LogP contribution in [0.1, 0.15) is 16.9 Å². The molecule has 8 heteroatoms. The van der Waals surface area contributed by atoms with Gasteiger partial charge in [-0.25, -0.2) is 9.97 Å². The highest BCUT2D eigenvalue weighted by Crippen LogP contribution is 2.26. The summed E-state index contributed by atoms with van der Waals surface area (Å²) in [4.78, 5) is 23.3. The monoisotopic (exact) mass is 342 g/mol. The van der Waals surface area contributed by atoms with Gasteiger partial charge in [-0.2, -0.15) is 0 Å². The summed E-state index contributed by atoms with van der Waals surface area (Å²) in [5, 5.41) is 5.85. The van der Waals surface area contributed by atoms with Crippen LogP contribution in [0.2, 0.25) is 0 Å². The molecular weight excluding hydrogens is 328 g/mol. The predicted octanol–water partition coefficient (Wildman–Crippen LogP) is 2.49. The first-order valence-corrected chi connectivity index (χ1v) is 8.41. The third kappa shape index (κ3) is 3.00. The summed E-state index contributed by atoms with van der Waals surface area (Å²) >= 11 is 1.54. The Labute approximate surface area is 141 Å². The van der Waals surface area contributed by atoms with E-state index in [1.165, 1.54) is 0 Å². The van der Waals surface area contributed by atoms with Crippen LogP contribution in [-0.4, -0.2) is 45.1 Å². The van der Waals surface area contributed by atoms with Gasteiger partial charge in [0, 0.05) is 31.4 Å². The van der Waals surface area contributed by atoms with Crippen molar-refractivity contribution in [2.75, 3.05) is 13.1 Å². The Balaban J connectivity index is 1.41. The zero-order valence-corrected chi connectivity index (χ0v) is 13.5. The summed E-state index contributed by atoms with van der Waals surface area (Å²) < 4.78 is 11.0. The van der Waals surface area contributed by atoms with Crippen LogP contribution in [0, 0.1) is 0 Å². The number of ether oxygens (including phenoxy) is 1. The molecular formula is C16H14N4O3S. The first kappa shape index (κ1) is 14.8. The standard InChI is InChI=1S/C16H14N4O3S/c21-15(12-9-13(23-19-12)14-3-1-8-24-14)20-7-4-11(10-20)22-16-17-5-2-6-18-16/h1-3,5-6,8-9,11H,4,7,10H2. The van der Waals surface area contributed by atoms with E-state index in [0.717, 1.165) is 11.3 Å². The Hall–Kier alpha value is -2.74. The minimum atomic E-state index is -0.151. The molecule has 1 fully saturated rings. The second-order valence-corrected chi connectivity index (χ2v) is 6.31. The van der Waals surface area contributed by atoms with Gasteiger partial charge in [0.1, 0.15) is 6.10 Å². The van der Waals surface area contributed by atoms with Crippen LogP contribution in [0.4, 0.5) is 0 Å². The van der Waals surface area contributed by atoms with E-state index in [4.69, 9.17) is 9.26 Å². The van der Waals surface area contributed by atoms with E-state index >= 15 is 0 Å². The molecule has 24 heavy (non-hydrogen) atoms. The molecule has 0 spiro atoms. The molecule has 1 saturated heterocycles. The molecule has 3 aromatic rings. The van der Waals surface area contributed by atoms with E-state index in [1.807, 2.05) is 17.5 Å². The zero-order chi connectivity index (χ0) is 16.4.